The number of terminal acetylenes is 1. The zero-order chi connectivity index (χ0) is 5.41. The van der Waals surface area contributed by atoms with Gasteiger partial charge in [-0.25, -0.2) is 0 Å². The van der Waals surface area contributed by atoms with Gasteiger partial charge in [0.25, 0.3) is 0 Å². The molecule has 0 aromatic rings. The van der Waals surface area contributed by atoms with Crippen LogP contribution in [0.2, 0.25) is 0 Å². The first-order chi connectivity index (χ1) is 2.83. The fraction of sp³-hybridized carbons (Fsp3) is 0.250. The van der Waals surface area contributed by atoms with Gasteiger partial charge in [0.05, 0.1) is 0 Å². The van der Waals surface area contributed by atoms with Crippen LogP contribution in [0.5, 0.6) is 0 Å². The van der Waals surface area contributed by atoms with Crippen molar-refractivity contribution >= 4 is 6.15 Å². The molecule has 0 aromatic carbocycles. The molecular formula is C4H4O2. The van der Waals surface area contributed by atoms with Gasteiger partial charge in [0.1, 0.15) is 0 Å². The molecule has 0 amide bonds. The molecule has 32 valence electrons. The minimum atomic E-state index is 0.250. The molecule has 0 aromatic heterocycles. The third kappa shape index (κ3) is 9.85. The van der Waals surface area contributed by atoms with Gasteiger partial charge >= 0.3 is 6.15 Å². The lowest BCUT2D eigenvalue weighted by atomic mass is 10.9. The van der Waals surface area contributed by atoms with Crippen LogP contribution in [-0.4, -0.2) is 6.15 Å². The highest BCUT2D eigenvalue weighted by Gasteiger charge is 1.13. The van der Waals surface area contributed by atoms with E-state index in [1.807, 2.05) is 0 Å². The number of carbonyl (C=O) groups excluding carboxylic acids is 2. The van der Waals surface area contributed by atoms with Crippen LogP contribution in [0.25, 0.3) is 0 Å². The van der Waals surface area contributed by atoms with Gasteiger partial charge in [0.15, 0.2) is 0 Å². The maximum Gasteiger partial charge on any atom is 0.373 e. The molecule has 0 aliphatic carbocycles. The van der Waals surface area contributed by atoms with E-state index in [1.54, 1.807) is 6.92 Å². The lowest BCUT2D eigenvalue weighted by molar-refractivity contribution is -0.191. The van der Waals surface area contributed by atoms with E-state index >= 15 is 0 Å². The van der Waals surface area contributed by atoms with Crippen LogP contribution >= 0.6 is 0 Å². The average molecular weight is 84.1 g/mol. The molecule has 0 aliphatic heterocycles. The second-order valence-electron chi connectivity index (χ2n) is 0.372. The van der Waals surface area contributed by atoms with Crippen molar-refractivity contribution in [3.05, 3.63) is 0 Å². The molecule has 0 rings (SSSR count). The third-order valence-electron chi connectivity index (χ3n) is 0. The van der Waals surface area contributed by atoms with Gasteiger partial charge in [0, 0.05) is 0 Å². The minimum absolute atomic E-state index is 0.250. The number of rotatable bonds is 0. The SMILES string of the molecule is C#CC.O=C=O. The first-order valence-electron chi connectivity index (χ1n) is 1.20. The van der Waals surface area contributed by atoms with Crippen molar-refractivity contribution in [1.82, 2.24) is 0 Å². The van der Waals surface area contributed by atoms with E-state index in [0.717, 1.165) is 0 Å². The Morgan fingerprint density at radius 1 is 1.50 bits per heavy atom. The Morgan fingerprint density at radius 2 is 1.50 bits per heavy atom. The van der Waals surface area contributed by atoms with Gasteiger partial charge in [-0.1, -0.05) is 0 Å². The van der Waals surface area contributed by atoms with Crippen molar-refractivity contribution in [2.75, 3.05) is 0 Å². The van der Waals surface area contributed by atoms with E-state index < -0.39 is 0 Å². The topological polar surface area (TPSA) is 34.1 Å². The summed E-state index contributed by atoms with van der Waals surface area (Å²) in [5.41, 5.74) is 0. The molecule has 0 N–H and O–H groups in total. The van der Waals surface area contributed by atoms with E-state index in [9.17, 15) is 0 Å². The summed E-state index contributed by atoms with van der Waals surface area (Å²) in [6.45, 7) is 1.65. The summed E-state index contributed by atoms with van der Waals surface area (Å²) >= 11 is 0. The minimum Gasteiger partial charge on any atom is -0.186 e. The van der Waals surface area contributed by atoms with Crippen molar-refractivity contribution in [3.63, 3.8) is 0 Å². The van der Waals surface area contributed by atoms with Crippen LogP contribution in [0.1, 0.15) is 6.92 Å². The van der Waals surface area contributed by atoms with Crippen molar-refractivity contribution in [2.24, 2.45) is 0 Å². The molecule has 0 fully saturated rings. The van der Waals surface area contributed by atoms with E-state index in [0.29, 0.717) is 0 Å². The Hall–Kier alpha value is -1.06. The average Bonchev–Trinajstić information content (AvgIpc) is 1.39. The van der Waals surface area contributed by atoms with Gasteiger partial charge in [-0.3, -0.25) is 0 Å². The molecule has 0 aliphatic rings. The molecule has 0 saturated heterocycles. The molecule has 0 heterocycles. The zero-order valence-corrected chi connectivity index (χ0v) is 3.39. The van der Waals surface area contributed by atoms with Crippen LogP contribution in [0.3, 0.4) is 0 Å². The van der Waals surface area contributed by atoms with Crippen molar-refractivity contribution in [2.45, 2.75) is 6.92 Å². The summed E-state index contributed by atoms with van der Waals surface area (Å²) in [7, 11) is 0. The smallest absolute Gasteiger partial charge is 0.186 e. The summed E-state index contributed by atoms with van der Waals surface area (Å²) in [6, 6.07) is 0. The molecular weight excluding hydrogens is 80.0 g/mol. The molecule has 0 bridgehead atoms. The van der Waals surface area contributed by atoms with E-state index in [2.05, 4.69) is 12.3 Å². The standard InChI is InChI=1S/C3H4.CO2/c1-3-2;2-1-3/h1H,2H3;. The second-order valence-corrected chi connectivity index (χ2v) is 0.372. The van der Waals surface area contributed by atoms with Crippen LogP contribution in [0.4, 0.5) is 0 Å². The summed E-state index contributed by atoms with van der Waals surface area (Å²) in [4.78, 5) is 16.2. The molecule has 0 atom stereocenters. The Bertz CT molecular complexity index is 72.0. The fourth-order valence-electron chi connectivity index (χ4n) is 0. The summed E-state index contributed by atoms with van der Waals surface area (Å²) < 4.78 is 0. The molecule has 2 nitrogen and oxygen atoms in total. The highest BCUT2D eigenvalue weighted by molar-refractivity contribution is 5.20. The van der Waals surface area contributed by atoms with E-state index in [1.165, 1.54) is 0 Å². The monoisotopic (exact) mass is 84.0 g/mol. The molecule has 2 heteroatoms. The summed E-state index contributed by atoms with van der Waals surface area (Å²) in [5.74, 6) is 2.25. The molecule has 0 unspecified atom stereocenters. The van der Waals surface area contributed by atoms with E-state index in [4.69, 9.17) is 9.59 Å². The van der Waals surface area contributed by atoms with Crippen LogP contribution in [0, 0.1) is 12.3 Å². The first-order valence-corrected chi connectivity index (χ1v) is 1.20. The Kier molecular flexibility index (Phi) is 57.0. The zero-order valence-electron chi connectivity index (χ0n) is 3.39. The predicted octanol–water partition coefficient (Wildman–Crippen LogP) is 0.0560. The lowest BCUT2D eigenvalue weighted by Crippen LogP contribution is -1.22. The Balaban J connectivity index is 0. The lowest BCUT2D eigenvalue weighted by Gasteiger charge is -1.23. The molecule has 0 radical (unpaired) electrons. The van der Waals surface area contributed by atoms with Crippen molar-refractivity contribution < 1.29 is 9.59 Å². The highest BCUT2D eigenvalue weighted by atomic mass is 16.2. The van der Waals surface area contributed by atoms with Gasteiger partial charge in [-0.05, 0) is 6.92 Å². The summed E-state index contributed by atoms with van der Waals surface area (Å²) in [6.07, 6.45) is 4.85. The number of hydrogen-bond acceptors (Lipinski definition) is 2. The maximum atomic E-state index is 8.12. The van der Waals surface area contributed by atoms with Crippen LogP contribution in [-0.2, 0) is 9.59 Å². The van der Waals surface area contributed by atoms with Gasteiger partial charge in [-0.2, -0.15) is 9.59 Å². The van der Waals surface area contributed by atoms with Gasteiger partial charge in [-0.15, -0.1) is 12.3 Å². The van der Waals surface area contributed by atoms with Crippen LogP contribution < -0.4 is 0 Å². The van der Waals surface area contributed by atoms with E-state index in [-0.39, 0.29) is 6.15 Å². The Morgan fingerprint density at radius 3 is 1.50 bits per heavy atom. The van der Waals surface area contributed by atoms with Crippen molar-refractivity contribution in [1.29, 1.82) is 0 Å². The quantitative estimate of drug-likeness (QED) is 0.389. The fourth-order valence-corrected chi connectivity index (χ4v) is 0. The third-order valence-corrected chi connectivity index (χ3v) is 0. The van der Waals surface area contributed by atoms with Crippen molar-refractivity contribution in [3.8, 4) is 12.3 Å². The largest absolute Gasteiger partial charge is 0.373 e. The number of hydrogen-bond donors (Lipinski definition) is 0. The van der Waals surface area contributed by atoms with Gasteiger partial charge < -0.3 is 0 Å². The second kappa shape index (κ2) is 38.5. The molecule has 0 saturated carbocycles. The normalized spacial score (nSPS) is 2.67. The first kappa shape index (κ1) is 8.87. The summed E-state index contributed by atoms with van der Waals surface area (Å²) in [5, 5.41) is 0. The van der Waals surface area contributed by atoms with Crippen LogP contribution in [0.15, 0.2) is 0 Å². The van der Waals surface area contributed by atoms with Gasteiger partial charge in [0.2, 0.25) is 0 Å². The molecule has 0 spiro atoms. The Labute approximate surface area is 36.2 Å². The molecule has 6 heavy (non-hydrogen) atoms. The maximum absolute atomic E-state index is 8.12. The highest BCUT2D eigenvalue weighted by Crippen LogP contribution is 1.21. The predicted molar refractivity (Wildman–Crippen MR) is 19.5 cm³/mol.